The highest BCUT2D eigenvalue weighted by atomic mass is 32.2. The molecule has 1 aliphatic heterocycles. The van der Waals surface area contributed by atoms with E-state index >= 15 is 0 Å². The van der Waals surface area contributed by atoms with Crippen molar-refractivity contribution < 1.29 is 37.3 Å². The van der Waals surface area contributed by atoms with E-state index in [0.29, 0.717) is 23.7 Å². The van der Waals surface area contributed by atoms with E-state index in [1.807, 2.05) is 6.92 Å². The number of amides is 1. The van der Waals surface area contributed by atoms with Crippen LogP contribution < -0.4 is 24.2 Å². The number of carbonyl (C=O) groups is 2. The number of nitrogens with zero attached hydrogens (tertiary/aromatic N) is 1. The first-order valence-electron chi connectivity index (χ1n) is 12.1. The molecule has 3 N–H and O–H groups in total. The van der Waals surface area contributed by atoms with Gasteiger partial charge in [-0.3, -0.25) is 14.5 Å². The molecule has 4 rings (SSSR count). The predicted octanol–water partition coefficient (Wildman–Crippen LogP) is 3.77. The highest BCUT2D eigenvalue weighted by molar-refractivity contribution is 7.89. The number of ketones is 1. The summed E-state index contributed by atoms with van der Waals surface area (Å²) >= 11 is 0. The molecule has 10 nitrogen and oxygen atoms in total. The average molecular weight is 553 g/mol. The summed E-state index contributed by atoms with van der Waals surface area (Å²) < 4.78 is 40.0. The molecule has 0 spiro atoms. The van der Waals surface area contributed by atoms with Crippen molar-refractivity contribution in [2.24, 2.45) is 5.14 Å². The Morgan fingerprint density at radius 1 is 0.923 bits per heavy atom. The van der Waals surface area contributed by atoms with Crippen molar-refractivity contribution in [2.75, 3.05) is 25.2 Å². The zero-order valence-corrected chi connectivity index (χ0v) is 22.4. The molecule has 1 amide bonds. The Morgan fingerprint density at radius 2 is 1.54 bits per heavy atom. The van der Waals surface area contributed by atoms with Gasteiger partial charge in [0, 0.05) is 11.8 Å². The summed E-state index contributed by atoms with van der Waals surface area (Å²) in [5.74, 6) is -0.898. The van der Waals surface area contributed by atoms with E-state index in [4.69, 9.17) is 19.3 Å². The Kier molecular flexibility index (Phi) is 7.93. The van der Waals surface area contributed by atoms with Crippen LogP contribution in [0, 0.1) is 0 Å². The normalized spacial score (nSPS) is 16.8. The van der Waals surface area contributed by atoms with Gasteiger partial charge in [-0.05, 0) is 67.9 Å². The number of aliphatic hydroxyl groups excluding tert-OH is 1. The number of sulfonamides is 1. The van der Waals surface area contributed by atoms with Gasteiger partial charge in [-0.25, -0.2) is 13.6 Å². The van der Waals surface area contributed by atoms with Crippen molar-refractivity contribution in [1.29, 1.82) is 0 Å². The van der Waals surface area contributed by atoms with Gasteiger partial charge in [-0.15, -0.1) is 0 Å². The minimum absolute atomic E-state index is 0.153. The molecule has 1 atom stereocenters. The molecule has 1 heterocycles. The van der Waals surface area contributed by atoms with Crippen molar-refractivity contribution in [1.82, 2.24) is 0 Å². The molecule has 1 fully saturated rings. The maximum atomic E-state index is 13.5. The van der Waals surface area contributed by atoms with E-state index in [1.54, 1.807) is 49.4 Å². The molecule has 1 aliphatic rings. The van der Waals surface area contributed by atoms with Crippen molar-refractivity contribution in [3.8, 4) is 17.2 Å². The van der Waals surface area contributed by atoms with E-state index in [9.17, 15) is 23.1 Å². The molecule has 1 saturated heterocycles. The van der Waals surface area contributed by atoms with Gasteiger partial charge >= 0.3 is 0 Å². The molecule has 3 aromatic rings. The van der Waals surface area contributed by atoms with Crippen LogP contribution in [0.1, 0.15) is 31.0 Å². The second-order valence-electron chi connectivity index (χ2n) is 8.51. The highest BCUT2D eigenvalue weighted by Crippen LogP contribution is 2.44. The Hall–Kier alpha value is -4.35. The molecule has 1 unspecified atom stereocenters. The largest absolute Gasteiger partial charge is 0.507 e. The molecule has 0 radical (unpaired) electrons. The number of primary sulfonamides is 1. The quantitative estimate of drug-likeness (QED) is 0.232. The fourth-order valence-corrected chi connectivity index (χ4v) is 4.89. The van der Waals surface area contributed by atoms with Gasteiger partial charge in [0.2, 0.25) is 10.0 Å². The van der Waals surface area contributed by atoms with Crippen LogP contribution in [0.2, 0.25) is 0 Å². The number of nitrogens with two attached hydrogens (primary N) is 1. The van der Waals surface area contributed by atoms with E-state index in [0.717, 1.165) is 0 Å². The molecule has 0 saturated carbocycles. The third-order valence-electron chi connectivity index (χ3n) is 6.14. The fraction of sp³-hybridized carbons (Fsp3) is 0.214. The van der Waals surface area contributed by atoms with Crippen LogP contribution >= 0.6 is 0 Å². The summed E-state index contributed by atoms with van der Waals surface area (Å²) in [4.78, 5) is 27.9. The highest BCUT2D eigenvalue weighted by Gasteiger charge is 2.47. The Bertz CT molecular complexity index is 1530. The number of Topliss-reactive ketones (excluding diaryl/α,β-unsaturated/α-hetero) is 1. The SMILES string of the molecule is CCOc1ccc(/C(O)=C2/C(=O)C(=O)N(c3ccc(S(N)(=O)=O)cc3)C2c2ccc(OC)cc2)c(OCC)c1. The first-order valence-corrected chi connectivity index (χ1v) is 13.6. The van der Waals surface area contributed by atoms with Crippen LogP contribution in [-0.2, 0) is 19.6 Å². The number of anilines is 1. The van der Waals surface area contributed by atoms with Crippen molar-refractivity contribution in [3.63, 3.8) is 0 Å². The standard InChI is InChI=1S/C28H28N2O8S/c1-4-37-20-12-15-22(23(16-20)38-5-2)26(31)24-25(17-6-10-19(36-3)11-7-17)30(28(33)27(24)32)18-8-13-21(14-9-18)39(29,34)35/h6-16,25,31H,4-5H2,1-3H3,(H2,29,34,35)/b26-24-. The van der Waals surface area contributed by atoms with Crippen LogP contribution in [0.4, 0.5) is 5.69 Å². The molecular weight excluding hydrogens is 524 g/mol. The molecule has 0 aliphatic carbocycles. The summed E-state index contributed by atoms with van der Waals surface area (Å²) in [6.45, 7) is 4.31. The number of carbonyl (C=O) groups excluding carboxylic acids is 2. The van der Waals surface area contributed by atoms with Crippen LogP contribution in [0.3, 0.4) is 0 Å². The van der Waals surface area contributed by atoms with E-state index in [2.05, 4.69) is 0 Å². The third-order valence-corrected chi connectivity index (χ3v) is 7.07. The van der Waals surface area contributed by atoms with Crippen LogP contribution in [0.15, 0.2) is 77.2 Å². The topological polar surface area (TPSA) is 145 Å². The average Bonchev–Trinajstić information content (AvgIpc) is 3.18. The van der Waals surface area contributed by atoms with Gasteiger partial charge in [-0.2, -0.15) is 0 Å². The zero-order chi connectivity index (χ0) is 28.3. The minimum atomic E-state index is -3.98. The van der Waals surface area contributed by atoms with Gasteiger partial charge in [0.05, 0.1) is 42.4 Å². The fourth-order valence-electron chi connectivity index (χ4n) is 4.37. The first kappa shape index (κ1) is 27.7. The van der Waals surface area contributed by atoms with Gasteiger partial charge in [-0.1, -0.05) is 12.1 Å². The summed E-state index contributed by atoms with van der Waals surface area (Å²) in [7, 11) is -2.47. The van der Waals surface area contributed by atoms with Gasteiger partial charge in [0.1, 0.15) is 23.0 Å². The number of benzene rings is 3. The lowest BCUT2D eigenvalue weighted by Gasteiger charge is -2.26. The number of ether oxygens (including phenoxy) is 3. The van der Waals surface area contributed by atoms with Gasteiger partial charge in [0.15, 0.2) is 0 Å². The van der Waals surface area contributed by atoms with Crippen LogP contribution in [-0.4, -0.2) is 45.5 Å². The van der Waals surface area contributed by atoms with Crippen molar-refractivity contribution in [2.45, 2.75) is 24.8 Å². The van der Waals surface area contributed by atoms with Gasteiger partial charge in [0.25, 0.3) is 11.7 Å². The Labute approximate surface area is 226 Å². The van der Waals surface area contributed by atoms with E-state index < -0.39 is 33.5 Å². The number of aliphatic hydroxyl groups is 1. The number of rotatable bonds is 9. The smallest absolute Gasteiger partial charge is 0.300 e. The monoisotopic (exact) mass is 552 g/mol. The summed E-state index contributed by atoms with van der Waals surface area (Å²) in [6, 6.07) is 15.7. The lowest BCUT2D eigenvalue weighted by Crippen LogP contribution is -2.29. The molecule has 39 heavy (non-hydrogen) atoms. The second-order valence-corrected chi connectivity index (χ2v) is 10.1. The van der Waals surface area contributed by atoms with E-state index in [1.165, 1.54) is 36.3 Å². The predicted molar refractivity (Wildman–Crippen MR) is 144 cm³/mol. The number of hydrogen-bond donors (Lipinski definition) is 2. The lowest BCUT2D eigenvalue weighted by atomic mass is 9.94. The first-order chi connectivity index (χ1) is 18.6. The Morgan fingerprint density at radius 3 is 2.10 bits per heavy atom. The summed E-state index contributed by atoms with van der Waals surface area (Å²) in [6.07, 6.45) is 0. The van der Waals surface area contributed by atoms with Crippen molar-refractivity contribution in [3.05, 3.63) is 83.4 Å². The molecule has 11 heteroatoms. The number of methoxy groups -OCH3 is 1. The van der Waals surface area contributed by atoms with E-state index in [-0.39, 0.29) is 34.1 Å². The maximum absolute atomic E-state index is 13.5. The number of hydrogen-bond acceptors (Lipinski definition) is 8. The molecular formula is C28H28N2O8S. The minimum Gasteiger partial charge on any atom is -0.507 e. The molecule has 204 valence electrons. The molecule has 0 bridgehead atoms. The third kappa shape index (κ3) is 5.45. The Balaban J connectivity index is 1.93. The molecule has 3 aromatic carbocycles. The van der Waals surface area contributed by atoms with Crippen LogP contribution in [0.25, 0.3) is 5.76 Å². The molecule has 0 aromatic heterocycles. The summed E-state index contributed by atoms with van der Waals surface area (Å²) in [5, 5.41) is 16.7. The van der Waals surface area contributed by atoms with Crippen molar-refractivity contribution >= 4 is 33.2 Å². The van der Waals surface area contributed by atoms with Gasteiger partial charge < -0.3 is 19.3 Å². The van der Waals surface area contributed by atoms with Crippen LogP contribution in [0.5, 0.6) is 17.2 Å². The second kappa shape index (κ2) is 11.2. The maximum Gasteiger partial charge on any atom is 0.300 e. The zero-order valence-electron chi connectivity index (χ0n) is 21.6. The lowest BCUT2D eigenvalue weighted by molar-refractivity contribution is -0.132. The summed E-state index contributed by atoms with van der Waals surface area (Å²) in [5.41, 5.74) is 0.796.